The summed E-state index contributed by atoms with van der Waals surface area (Å²) in [6, 6.07) is 5.52. The van der Waals surface area contributed by atoms with Crippen LogP contribution in [0.5, 0.6) is 5.88 Å². The number of nitrogens with zero attached hydrogens (tertiary/aromatic N) is 4. The largest absolute Gasteiger partial charge is 0.480 e. The molecule has 1 aliphatic carbocycles. The minimum atomic E-state index is -3.52. The number of benzene rings is 1. The summed E-state index contributed by atoms with van der Waals surface area (Å²) < 4.78 is 48.7. The van der Waals surface area contributed by atoms with E-state index < -0.39 is 20.8 Å². The van der Waals surface area contributed by atoms with Gasteiger partial charge >= 0.3 is 0 Å². The Morgan fingerprint density at radius 3 is 2.68 bits per heavy atom. The summed E-state index contributed by atoms with van der Waals surface area (Å²) in [5.41, 5.74) is 4.32. The van der Waals surface area contributed by atoms with Crippen molar-refractivity contribution in [2.24, 2.45) is 0 Å². The van der Waals surface area contributed by atoms with Crippen molar-refractivity contribution >= 4 is 32.6 Å². The van der Waals surface area contributed by atoms with Crippen molar-refractivity contribution in [3.63, 3.8) is 0 Å². The van der Waals surface area contributed by atoms with Gasteiger partial charge in [0.2, 0.25) is 21.8 Å². The topological polar surface area (TPSA) is 128 Å². The van der Waals surface area contributed by atoms with Gasteiger partial charge in [-0.25, -0.2) is 13.4 Å². The summed E-state index contributed by atoms with van der Waals surface area (Å²) >= 11 is 0. The minimum Gasteiger partial charge on any atom is -0.480 e. The number of aromatic nitrogens is 3. The zero-order chi connectivity index (χ0) is 23.9. The highest BCUT2D eigenvalue weighted by atomic mass is 32.2. The third-order valence-corrected chi connectivity index (χ3v) is 7.42. The van der Waals surface area contributed by atoms with E-state index in [0.29, 0.717) is 35.4 Å². The Kier molecular flexibility index (Phi) is 5.90. The average molecular weight is 501 g/mol. The second kappa shape index (κ2) is 8.88. The molecule has 0 radical (unpaired) electrons. The third kappa shape index (κ3) is 4.71. The van der Waals surface area contributed by atoms with Gasteiger partial charge in [-0.2, -0.15) is 0 Å². The van der Waals surface area contributed by atoms with Gasteiger partial charge in [0.25, 0.3) is 5.89 Å². The van der Waals surface area contributed by atoms with Crippen LogP contribution in [0.2, 0.25) is 0 Å². The molecule has 1 saturated heterocycles. The normalized spacial score (nSPS) is 15.9. The maximum absolute atomic E-state index is 11.8. The molecule has 0 bridgehead atoms. The fourth-order valence-electron chi connectivity index (χ4n) is 3.84. The van der Waals surface area contributed by atoms with Crippen molar-refractivity contribution in [2.75, 3.05) is 42.7 Å². The Morgan fingerprint density at radius 1 is 1.21 bits per heavy atom. The first kappa shape index (κ1) is 22.6. The number of fused-ring (bicyclic) bond motifs is 1. The van der Waals surface area contributed by atoms with Gasteiger partial charge in [0.1, 0.15) is 5.69 Å². The molecule has 0 spiro atoms. The maximum atomic E-state index is 11.8. The molecule has 1 aromatic carbocycles. The highest BCUT2D eigenvalue weighted by Crippen LogP contribution is 2.38. The molecule has 12 heteroatoms. The molecule has 3 aromatic rings. The quantitative estimate of drug-likeness (QED) is 0.379. The van der Waals surface area contributed by atoms with E-state index in [1.54, 1.807) is 12.3 Å². The van der Waals surface area contributed by atoms with E-state index in [2.05, 4.69) is 30.9 Å². The predicted molar refractivity (Wildman–Crippen MR) is 128 cm³/mol. The second-order valence-electron chi connectivity index (χ2n) is 8.05. The van der Waals surface area contributed by atoms with Crippen LogP contribution in [0.25, 0.3) is 28.7 Å². The lowest BCUT2D eigenvalue weighted by atomic mass is 9.88. The molecular weight excluding hydrogens is 478 g/mol. The molecule has 0 amide bonds. The highest BCUT2D eigenvalue weighted by molar-refractivity contribution is 7.92. The van der Waals surface area contributed by atoms with Crippen LogP contribution < -0.4 is 9.46 Å². The Balaban J connectivity index is 1.46. The molecule has 1 aliphatic heterocycles. The van der Waals surface area contributed by atoms with Crippen LogP contribution in [0.4, 0.5) is 5.69 Å². The van der Waals surface area contributed by atoms with Crippen molar-refractivity contribution in [2.45, 2.75) is 6.54 Å². The number of sulfonamides is 1. The summed E-state index contributed by atoms with van der Waals surface area (Å²) in [4.78, 5) is 6.40. The molecule has 34 heavy (non-hydrogen) atoms. The monoisotopic (exact) mass is 500 g/mol. The van der Waals surface area contributed by atoms with Crippen LogP contribution in [-0.2, 0) is 27.4 Å². The van der Waals surface area contributed by atoms with Crippen molar-refractivity contribution in [1.29, 1.82) is 0 Å². The highest BCUT2D eigenvalue weighted by Gasteiger charge is 2.27. The fourth-order valence-corrected chi connectivity index (χ4v) is 5.51. The Hall–Kier alpha value is -3.18. The summed E-state index contributed by atoms with van der Waals surface area (Å²) in [7, 11) is -2.83. The molecule has 0 unspecified atom stereocenters. The molecule has 176 valence electrons. The van der Waals surface area contributed by atoms with Crippen molar-refractivity contribution in [3.8, 4) is 28.5 Å². The lowest BCUT2D eigenvalue weighted by Crippen LogP contribution is -2.37. The summed E-state index contributed by atoms with van der Waals surface area (Å²) in [5.74, 6) is 2.38. The number of hydrogen-bond acceptors (Lipinski definition) is 9. The van der Waals surface area contributed by atoms with Gasteiger partial charge in [0.15, 0.2) is 5.56 Å². The van der Waals surface area contributed by atoms with E-state index in [1.807, 2.05) is 18.2 Å². The van der Waals surface area contributed by atoms with E-state index in [4.69, 9.17) is 9.15 Å². The molecule has 2 aromatic heterocycles. The lowest BCUT2D eigenvalue weighted by Gasteiger charge is -2.24. The van der Waals surface area contributed by atoms with E-state index in [1.165, 1.54) is 7.11 Å². The Bertz CT molecular complexity index is 1410. The molecule has 1 fully saturated rings. The maximum Gasteiger partial charge on any atom is 0.258 e. The van der Waals surface area contributed by atoms with Crippen LogP contribution in [0.1, 0.15) is 17.0 Å². The first-order valence-corrected chi connectivity index (χ1v) is 13.9. The van der Waals surface area contributed by atoms with E-state index >= 15 is 0 Å². The average Bonchev–Trinajstić information content (AvgIpc) is 3.23. The lowest BCUT2D eigenvalue weighted by molar-refractivity contribution is 0.261. The number of pyridine rings is 1. The zero-order valence-corrected chi connectivity index (χ0v) is 20.2. The van der Waals surface area contributed by atoms with Gasteiger partial charge in [-0.15, -0.1) is 10.2 Å². The molecule has 0 atom stereocenters. The van der Waals surface area contributed by atoms with Crippen LogP contribution in [0.15, 0.2) is 28.8 Å². The van der Waals surface area contributed by atoms with Gasteiger partial charge in [-0.1, -0.05) is 0 Å². The molecule has 3 heterocycles. The summed E-state index contributed by atoms with van der Waals surface area (Å²) in [5, 5.41) is 8.46. The van der Waals surface area contributed by atoms with E-state index in [-0.39, 0.29) is 11.6 Å². The second-order valence-corrected chi connectivity index (χ2v) is 11.5. The van der Waals surface area contributed by atoms with Gasteiger partial charge in [-0.05, 0) is 12.1 Å². The van der Waals surface area contributed by atoms with Crippen molar-refractivity contribution < 1.29 is 21.8 Å². The van der Waals surface area contributed by atoms with Crippen LogP contribution in [-0.4, -0.2) is 70.7 Å². The molecular formula is C22H22N5O5S2+. The number of nitrogens with one attached hydrogen (secondary N) is 1. The molecule has 0 saturated carbocycles. The van der Waals surface area contributed by atoms with E-state index in [9.17, 15) is 12.6 Å². The van der Waals surface area contributed by atoms with Crippen molar-refractivity contribution in [1.82, 2.24) is 20.1 Å². The first-order valence-electron chi connectivity index (χ1n) is 10.5. The molecule has 5 rings (SSSR count). The van der Waals surface area contributed by atoms with Gasteiger partial charge < -0.3 is 9.15 Å². The summed E-state index contributed by atoms with van der Waals surface area (Å²) in [6.07, 6.45) is 7.69. The predicted octanol–water partition coefficient (Wildman–Crippen LogP) is 1.92. The smallest absolute Gasteiger partial charge is 0.258 e. The molecule has 1 N–H and O–H groups in total. The van der Waals surface area contributed by atoms with Gasteiger partial charge in [-0.3, -0.25) is 13.8 Å². The van der Waals surface area contributed by atoms with Gasteiger partial charge in [0, 0.05) is 64.9 Å². The molecule has 2 aliphatic rings. The number of ether oxygens (including phenoxy) is 1. The van der Waals surface area contributed by atoms with E-state index in [0.717, 1.165) is 41.6 Å². The first-order chi connectivity index (χ1) is 16.3. The van der Waals surface area contributed by atoms with Crippen LogP contribution >= 0.6 is 0 Å². The third-order valence-electron chi connectivity index (χ3n) is 5.55. The van der Waals surface area contributed by atoms with Crippen molar-refractivity contribution in [3.05, 3.63) is 47.5 Å². The number of hydrogen-bond donors (Lipinski definition) is 1. The summed E-state index contributed by atoms with van der Waals surface area (Å²) in [6.45, 7) is 1.99. The fraction of sp³-hybridized carbons (Fsp3) is 0.318. The Labute approximate surface area is 199 Å². The molecule has 10 nitrogen and oxygen atoms in total. The standard InChI is InChI=1S/C22H22N5O5S2/c1-31-22-19(26-34(2,29)30)11-16(12-23-22)15-9-14-3-4-17(14)18(10-15)21-25-24-20(32-21)13-27-5-7-33(28)8-6-27/h4,9-12,26H,5-8,13H2,1-2H3/q+1. The Morgan fingerprint density at radius 2 is 2.00 bits per heavy atom. The van der Waals surface area contributed by atoms with Gasteiger partial charge in [0.05, 0.1) is 37.1 Å². The van der Waals surface area contributed by atoms with Crippen LogP contribution in [0.3, 0.4) is 0 Å². The SMILES string of the molecule is COc1ncc(-c2cc3c(c(-c4nnc(CN5CCS(=O)CC5)o4)c2)C=[C+]3)cc1NS(C)(=O)=O. The number of anilines is 1. The number of rotatable bonds is 7. The minimum absolute atomic E-state index is 0.174. The number of methoxy groups -OCH3 is 1. The zero-order valence-electron chi connectivity index (χ0n) is 18.6. The van der Waals surface area contributed by atoms with Crippen LogP contribution in [0, 0.1) is 6.08 Å².